The lowest BCUT2D eigenvalue weighted by molar-refractivity contribution is -0.277. The van der Waals surface area contributed by atoms with E-state index < -0.39 is 48.5 Å². The normalized spacial score (nSPS) is 25.2. The fourth-order valence-electron chi connectivity index (χ4n) is 3.66. The maximum Gasteiger partial charge on any atom is 0.229 e. The number of aliphatic hydroxyl groups is 4. The van der Waals surface area contributed by atoms with Crippen molar-refractivity contribution in [2.24, 2.45) is 0 Å². The smallest absolute Gasteiger partial charge is 0.229 e. The Labute approximate surface area is 186 Å². The van der Waals surface area contributed by atoms with E-state index in [1.165, 1.54) is 19.2 Å². The minimum absolute atomic E-state index is 0.00621. The standard InChI is InChI=1S/C22H22O11/c1-30-20-14(32-22-19(29)18(28)17(27)15(8-23)33-22)7-12(26)16-11(25)6-13(31-21(16)20)9-4-2-3-5-10(9)24/h2-7,15,17-19,22-24,26-29H,8H2,1H3. The van der Waals surface area contributed by atoms with Crippen LogP contribution in [0.25, 0.3) is 22.3 Å². The molecular formula is C22H22O11. The number of ether oxygens (including phenoxy) is 3. The van der Waals surface area contributed by atoms with Gasteiger partial charge in [0.15, 0.2) is 16.8 Å². The van der Waals surface area contributed by atoms with Gasteiger partial charge in [-0.1, -0.05) is 12.1 Å². The number of aliphatic hydroxyl groups excluding tert-OH is 4. The minimum atomic E-state index is -1.72. The molecule has 1 aliphatic heterocycles. The van der Waals surface area contributed by atoms with Crippen LogP contribution in [0.4, 0.5) is 0 Å². The van der Waals surface area contributed by atoms with Gasteiger partial charge in [0.2, 0.25) is 12.0 Å². The van der Waals surface area contributed by atoms with Crippen LogP contribution in [-0.2, 0) is 4.74 Å². The molecule has 0 spiro atoms. The summed E-state index contributed by atoms with van der Waals surface area (Å²) in [5, 5.41) is 59.9. The molecule has 1 fully saturated rings. The number of hydrogen-bond acceptors (Lipinski definition) is 11. The topological polar surface area (TPSA) is 179 Å². The Morgan fingerprint density at radius 1 is 1.00 bits per heavy atom. The molecule has 1 saturated heterocycles. The first kappa shape index (κ1) is 22.8. The van der Waals surface area contributed by atoms with E-state index in [0.717, 1.165) is 12.1 Å². The van der Waals surface area contributed by atoms with E-state index in [1.807, 2.05) is 0 Å². The molecule has 0 amide bonds. The number of para-hydroxylation sites is 1. The van der Waals surface area contributed by atoms with E-state index in [9.17, 15) is 35.4 Å². The first-order chi connectivity index (χ1) is 15.8. The fourth-order valence-corrected chi connectivity index (χ4v) is 3.66. The molecule has 3 aromatic rings. The monoisotopic (exact) mass is 462 g/mol. The Kier molecular flexibility index (Phi) is 6.15. The molecule has 6 N–H and O–H groups in total. The highest BCUT2D eigenvalue weighted by atomic mass is 16.7. The summed E-state index contributed by atoms with van der Waals surface area (Å²) < 4.78 is 22.0. The number of rotatable bonds is 5. The van der Waals surface area contributed by atoms with Gasteiger partial charge in [-0.3, -0.25) is 4.79 Å². The highest BCUT2D eigenvalue weighted by Crippen LogP contribution is 2.43. The molecule has 0 saturated carbocycles. The van der Waals surface area contributed by atoms with Crippen molar-refractivity contribution in [3.63, 3.8) is 0 Å². The molecule has 0 bridgehead atoms. The van der Waals surface area contributed by atoms with Crippen molar-refractivity contribution in [1.29, 1.82) is 0 Å². The van der Waals surface area contributed by atoms with Crippen molar-refractivity contribution in [3.05, 3.63) is 46.6 Å². The van der Waals surface area contributed by atoms with Crippen LogP contribution in [0.1, 0.15) is 0 Å². The zero-order valence-electron chi connectivity index (χ0n) is 17.3. The molecular weight excluding hydrogens is 440 g/mol. The van der Waals surface area contributed by atoms with Gasteiger partial charge in [0.25, 0.3) is 0 Å². The number of hydrogen-bond donors (Lipinski definition) is 6. The third-order valence-electron chi connectivity index (χ3n) is 5.37. The molecule has 2 heterocycles. The van der Waals surface area contributed by atoms with Crippen molar-refractivity contribution in [2.45, 2.75) is 30.7 Å². The van der Waals surface area contributed by atoms with Crippen LogP contribution < -0.4 is 14.9 Å². The predicted molar refractivity (Wildman–Crippen MR) is 112 cm³/mol. The van der Waals surface area contributed by atoms with Gasteiger partial charge in [-0.25, -0.2) is 0 Å². The maximum absolute atomic E-state index is 12.7. The SMILES string of the molecule is COc1c(OC2OC(CO)C(O)C(O)C2O)cc(O)c2c(=O)cc(-c3ccccc3O)oc12. The lowest BCUT2D eigenvalue weighted by Crippen LogP contribution is -2.60. The van der Waals surface area contributed by atoms with Crippen molar-refractivity contribution >= 4 is 11.0 Å². The fraction of sp³-hybridized carbons (Fsp3) is 0.318. The molecule has 2 aromatic carbocycles. The molecule has 1 aromatic heterocycles. The Hall–Kier alpha value is -3.35. The summed E-state index contributed by atoms with van der Waals surface area (Å²) in [4.78, 5) is 12.7. The van der Waals surface area contributed by atoms with E-state index in [1.54, 1.807) is 12.1 Å². The van der Waals surface area contributed by atoms with Gasteiger partial charge >= 0.3 is 0 Å². The van der Waals surface area contributed by atoms with Crippen LogP contribution in [0.3, 0.4) is 0 Å². The number of phenolic OH excluding ortho intramolecular Hbond substituents is 2. The van der Waals surface area contributed by atoms with Crippen molar-refractivity contribution in [1.82, 2.24) is 0 Å². The first-order valence-corrected chi connectivity index (χ1v) is 9.90. The number of benzene rings is 2. The van der Waals surface area contributed by atoms with Gasteiger partial charge in [-0.05, 0) is 12.1 Å². The first-order valence-electron chi connectivity index (χ1n) is 9.90. The van der Waals surface area contributed by atoms with E-state index in [0.29, 0.717) is 0 Å². The van der Waals surface area contributed by atoms with Crippen LogP contribution >= 0.6 is 0 Å². The molecule has 11 heteroatoms. The van der Waals surface area contributed by atoms with Crippen molar-refractivity contribution in [2.75, 3.05) is 13.7 Å². The highest BCUT2D eigenvalue weighted by Gasteiger charge is 2.45. The second-order valence-electron chi connectivity index (χ2n) is 7.44. The second-order valence-corrected chi connectivity index (χ2v) is 7.44. The highest BCUT2D eigenvalue weighted by molar-refractivity contribution is 5.92. The van der Waals surface area contributed by atoms with Crippen molar-refractivity contribution in [3.8, 4) is 34.3 Å². The average molecular weight is 462 g/mol. The molecule has 0 aliphatic carbocycles. The van der Waals surface area contributed by atoms with E-state index in [2.05, 4.69) is 0 Å². The molecule has 176 valence electrons. The summed E-state index contributed by atoms with van der Waals surface area (Å²) in [6.45, 7) is -0.663. The van der Waals surface area contributed by atoms with Gasteiger partial charge in [-0.2, -0.15) is 0 Å². The maximum atomic E-state index is 12.7. The quantitative estimate of drug-likeness (QED) is 0.302. The summed E-state index contributed by atoms with van der Waals surface area (Å²) in [6.07, 6.45) is -7.79. The van der Waals surface area contributed by atoms with E-state index in [4.69, 9.17) is 18.6 Å². The van der Waals surface area contributed by atoms with Gasteiger partial charge in [0.05, 0.1) is 19.3 Å². The third-order valence-corrected chi connectivity index (χ3v) is 5.37. The summed E-state index contributed by atoms with van der Waals surface area (Å²) in [5.41, 5.74) is -0.606. The van der Waals surface area contributed by atoms with Crippen LogP contribution in [-0.4, -0.2) is 75.1 Å². The Balaban J connectivity index is 1.83. The average Bonchev–Trinajstić information content (AvgIpc) is 2.79. The van der Waals surface area contributed by atoms with Crippen LogP contribution in [0.5, 0.6) is 23.0 Å². The molecule has 11 nitrogen and oxygen atoms in total. The molecule has 5 unspecified atom stereocenters. The Morgan fingerprint density at radius 3 is 2.39 bits per heavy atom. The molecule has 0 radical (unpaired) electrons. The Bertz CT molecular complexity index is 1220. The molecule has 33 heavy (non-hydrogen) atoms. The third kappa shape index (κ3) is 3.96. The summed E-state index contributed by atoms with van der Waals surface area (Å²) >= 11 is 0. The molecule has 4 rings (SSSR count). The number of phenols is 2. The molecule has 1 aliphatic rings. The van der Waals surface area contributed by atoms with Gasteiger partial charge in [0.1, 0.15) is 47.1 Å². The lowest BCUT2D eigenvalue weighted by atomic mass is 9.99. The zero-order chi connectivity index (χ0) is 23.9. The van der Waals surface area contributed by atoms with Crippen LogP contribution in [0.15, 0.2) is 45.6 Å². The number of fused-ring (bicyclic) bond motifs is 1. The van der Waals surface area contributed by atoms with Crippen LogP contribution in [0, 0.1) is 0 Å². The summed E-state index contributed by atoms with van der Waals surface area (Å²) in [6, 6.07) is 8.31. The second kappa shape index (κ2) is 8.89. The van der Waals surface area contributed by atoms with Crippen molar-refractivity contribution < 1.29 is 49.3 Å². The van der Waals surface area contributed by atoms with E-state index in [-0.39, 0.29) is 39.5 Å². The lowest BCUT2D eigenvalue weighted by Gasteiger charge is -2.39. The predicted octanol–water partition coefficient (Wildman–Crippen LogP) is 0.0585. The summed E-state index contributed by atoms with van der Waals surface area (Å²) in [7, 11) is 1.25. The van der Waals surface area contributed by atoms with Crippen LogP contribution in [0.2, 0.25) is 0 Å². The van der Waals surface area contributed by atoms with Gasteiger partial charge in [0, 0.05) is 12.1 Å². The number of methoxy groups -OCH3 is 1. The zero-order valence-corrected chi connectivity index (χ0v) is 17.3. The van der Waals surface area contributed by atoms with E-state index >= 15 is 0 Å². The molecule has 5 atom stereocenters. The Morgan fingerprint density at radius 2 is 1.73 bits per heavy atom. The largest absolute Gasteiger partial charge is 0.507 e. The van der Waals surface area contributed by atoms with Gasteiger partial charge < -0.3 is 49.3 Å². The van der Waals surface area contributed by atoms with Gasteiger partial charge in [-0.15, -0.1) is 0 Å². The number of aromatic hydroxyl groups is 2. The minimum Gasteiger partial charge on any atom is -0.507 e. The summed E-state index contributed by atoms with van der Waals surface area (Å²) in [5.74, 6) is -1.04.